The fraction of sp³-hybridized carbons (Fsp3) is 0.208. The lowest BCUT2D eigenvalue weighted by molar-refractivity contribution is -0.135. The van der Waals surface area contributed by atoms with Crippen LogP contribution in [0.4, 0.5) is 0 Å². The van der Waals surface area contributed by atoms with Crippen molar-refractivity contribution in [2.75, 3.05) is 6.61 Å². The number of para-hydroxylation sites is 1. The molecular weight excluding hydrogens is 434 g/mol. The lowest BCUT2D eigenvalue weighted by Gasteiger charge is -2.26. The highest BCUT2D eigenvalue weighted by molar-refractivity contribution is 6.31. The molecule has 1 atom stereocenters. The number of fused-ring (bicyclic) bond motifs is 1. The van der Waals surface area contributed by atoms with Gasteiger partial charge in [-0.15, -0.1) is 0 Å². The third kappa shape index (κ3) is 4.24. The summed E-state index contributed by atoms with van der Waals surface area (Å²) in [5, 5.41) is 0.576. The van der Waals surface area contributed by atoms with Gasteiger partial charge in [0.25, 0.3) is 5.56 Å². The van der Waals surface area contributed by atoms with E-state index in [0.717, 1.165) is 5.56 Å². The number of hydrogen-bond donors (Lipinski definition) is 1. The van der Waals surface area contributed by atoms with Gasteiger partial charge in [-0.2, -0.15) is 0 Å². The average molecular weight is 454 g/mol. The van der Waals surface area contributed by atoms with Gasteiger partial charge in [-0.25, -0.2) is 4.79 Å². The Morgan fingerprint density at radius 3 is 2.69 bits per heavy atom. The van der Waals surface area contributed by atoms with Crippen molar-refractivity contribution in [3.63, 3.8) is 0 Å². The van der Waals surface area contributed by atoms with E-state index >= 15 is 0 Å². The van der Waals surface area contributed by atoms with Crippen molar-refractivity contribution in [3.8, 4) is 11.5 Å². The normalized spacial score (nSPS) is 14.9. The smallest absolute Gasteiger partial charge is 0.343 e. The summed E-state index contributed by atoms with van der Waals surface area (Å²) in [6.45, 7) is 2.01. The topological polar surface area (TPSA) is 94.7 Å². The molecule has 1 unspecified atom stereocenters. The average Bonchev–Trinajstić information content (AvgIpc) is 2.78. The molecule has 0 amide bonds. The van der Waals surface area contributed by atoms with E-state index in [-0.39, 0.29) is 36.5 Å². The van der Waals surface area contributed by atoms with Crippen LogP contribution in [0.1, 0.15) is 46.3 Å². The van der Waals surface area contributed by atoms with Crippen LogP contribution in [-0.2, 0) is 16.1 Å². The van der Waals surface area contributed by atoms with E-state index in [2.05, 4.69) is 4.98 Å². The summed E-state index contributed by atoms with van der Waals surface area (Å²) in [7, 11) is 0. The number of ether oxygens (including phenoxy) is 3. The number of benzene rings is 2. The van der Waals surface area contributed by atoms with Gasteiger partial charge in [0, 0.05) is 28.3 Å². The Morgan fingerprint density at radius 1 is 1.16 bits per heavy atom. The SMILES string of the molecule is CCOC(=O)c1c[nH]c(=O)c2c1OC(=O)CC2c1ccccc1OCc1ccccc1Cl. The van der Waals surface area contributed by atoms with Crippen molar-refractivity contribution in [2.24, 2.45) is 0 Å². The number of aromatic amines is 1. The Labute approximate surface area is 188 Å². The molecule has 8 heteroatoms. The first-order chi connectivity index (χ1) is 15.5. The fourth-order valence-corrected chi connectivity index (χ4v) is 3.87. The van der Waals surface area contributed by atoms with Crippen LogP contribution in [0.3, 0.4) is 0 Å². The van der Waals surface area contributed by atoms with Crippen LogP contribution in [0.25, 0.3) is 0 Å². The molecule has 3 aromatic rings. The van der Waals surface area contributed by atoms with E-state index in [1.165, 1.54) is 6.20 Å². The fourth-order valence-electron chi connectivity index (χ4n) is 3.68. The van der Waals surface area contributed by atoms with E-state index in [1.807, 2.05) is 18.2 Å². The molecule has 1 aliphatic heterocycles. The number of hydrogen-bond acceptors (Lipinski definition) is 6. The lowest BCUT2D eigenvalue weighted by Crippen LogP contribution is -2.30. The second-order valence-corrected chi connectivity index (χ2v) is 7.55. The molecule has 0 saturated carbocycles. The molecule has 164 valence electrons. The third-order valence-corrected chi connectivity index (χ3v) is 5.52. The maximum Gasteiger partial charge on any atom is 0.343 e. The number of pyridine rings is 1. The van der Waals surface area contributed by atoms with Gasteiger partial charge in [0.15, 0.2) is 5.75 Å². The minimum Gasteiger partial charge on any atom is -0.489 e. The number of halogens is 1. The third-order valence-electron chi connectivity index (χ3n) is 5.15. The monoisotopic (exact) mass is 453 g/mol. The summed E-state index contributed by atoms with van der Waals surface area (Å²) in [6, 6.07) is 14.5. The standard InChI is InChI=1S/C24H20ClNO6/c1-2-30-24(29)17-12-26-23(28)21-16(11-20(27)32-22(17)21)15-8-4-6-10-19(15)31-13-14-7-3-5-9-18(14)25/h3-10,12,16H,2,11,13H2,1H3,(H,26,28). The quantitative estimate of drug-likeness (QED) is 0.561. The second kappa shape index (κ2) is 9.28. The first-order valence-corrected chi connectivity index (χ1v) is 10.5. The first-order valence-electron chi connectivity index (χ1n) is 10.1. The lowest BCUT2D eigenvalue weighted by atomic mass is 9.85. The Balaban J connectivity index is 1.75. The predicted octanol–water partition coefficient (Wildman–Crippen LogP) is 4.23. The van der Waals surface area contributed by atoms with Gasteiger partial charge < -0.3 is 19.2 Å². The molecule has 0 radical (unpaired) electrons. The van der Waals surface area contributed by atoms with Crippen LogP contribution < -0.4 is 15.0 Å². The van der Waals surface area contributed by atoms with Crippen LogP contribution >= 0.6 is 11.6 Å². The highest BCUT2D eigenvalue weighted by Gasteiger charge is 2.36. The minimum atomic E-state index is -0.684. The summed E-state index contributed by atoms with van der Waals surface area (Å²) in [5.41, 5.74) is 1.16. The summed E-state index contributed by atoms with van der Waals surface area (Å²) >= 11 is 6.23. The molecule has 1 aliphatic rings. The van der Waals surface area contributed by atoms with Crippen molar-refractivity contribution in [3.05, 3.63) is 92.4 Å². The molecule has 2 aromatic carbocycles. The number of carbonyl (C=O) groups excluding carboxylic acids is 2. The molecule has 4 rings (SSSR count). The Bertz CT molecular complexity index is 1240. The van der Waals surface area contributed by atoms with Crippen LogP contribution in [0.5, 0.6) is 11.5 Å². The molecule has 0 fully saturated rings. The summed E-state index contributed by atoms with van der Waals surface area (Å²) < 4.78 is 16.4. The molecule has 0 saturated heterocycles. The van der Waals surface area contributed by atoms with Crippen molar-refractivity contribution in [1.82, 2.24) is 4.98 Å². The predicted molar refractivity (Wildman–Crippen MR) is 117 cm³/mol. The number of nitrogens with one attached hydrogen (secondary N) is 1. The Hall–Kier alpha value is -3.58. The van der Waals surface area contributed by atoms with Gasteiger partial charge in [0.05, 0.1) is 18.6 Å². The number of H-pyrrole nitrogens is 1. The van der Waals surface area contributed by atoms with Gasteiger partial charge in [-0.3, -0.25) is 9.59 Å². The molecular formula is C24H20ClNO6. The number of rotatable bonds is 6. The van der Waals surface area contributed by atoms with Gasteiger partial charge in [0.1, 0.15) is 17.9 Å². The highest BCUT2D eigenvalue weighted by atomic mass is 35.5. The largest absolute Gasteiger partial charge is 0.489 e. The van der Waals surface area contributed by atoms with Crippen LogP contribution in [0, 0.1) is 0 Å². The number of esters is 2. The van der Waals surface area contributed by atoms with E-state index in [0.29, 0.717) is 16.3 Å². The zero-order valence-electron chi connectivity index (χ0n) is 17.2. The molecule has 0 aliphatic carbocycles. The molecule has 0 bridgehead atoms. The second-order valence-electron chi connectivity index (χ2n) is 7.14. The van der Waals surface area contributed by atoms with E-state index in [4.69, 9.17) is 25.8 Å². The molecule has 32 heavy (non-hydrogen) atoms. The van der Waals surface area contributed by atoms with Crippen LogP contribution in [-0.4, -0.2) is 23.5 Å². The number of aromatic nitrogens is 1. The van der Waals surface area contributed by atoms with Gasteiger partial charge >= 0.3 is 11.9 Å². The first kappa shape index (κ1) is 21.6. The van der Waals surface area contributed by atoms with Gasteiger partial charge in [-0.05, 0) is 19.1 Å². The van der Waals surface area contributed by atoms with Gasteiger partial charge in [-0.1, -0.05) is 48.0 Å². The molecule has 1 aromatic heterocycles. The maximum absolute atomic E-state index is 12.8. The molecule has 0 spiro atoms. The summed E-state index contributed by atoms with van der Waals surface area (Å²) in [4.78, 5) is 40.1. The molecule has 7 nitrogen and oxygen atoms in total. The zero-order chi connectivity index (χ0) is 22.7. The molecule has 1 N–H and O–H groups in total. The number of carbonyl (C=O) groups is 2. The Kier molecular flexibility index (Phi) is 6.28. The van der Waals surface area contributed by atoms with E-state index < -0.39 is 23.4 Å². The van der Waals surface area contributed by atoms with Gasteiger partial charge in [0.2, 0.25) is 0 Å². The van der Waals surface area contributed by atoms with Crippen molar-refractivity contribution in [1.29, 1.82) is 0 Å². The zero-order valence-corrected chi connectivity index (χ0v) is 18.0. The van der Waals surface area contributed by atoms with E-state index in [9.17, 15) is 14.4 Å². The van der Waals surface area contributed by atoms with Crippen molar-refractivity contribution < 1.29 is 23.8 Å². The Morgan fingerprint density at radius 2 is 1.91 bits per heavy atom. The van der Waals surface area contributed by atoms with Crippen LogP contribution in [0.2, 0.25) is 5.02 Å². The van der Waals surface area contributed by atoms with Crippen LogP contribution in [0.15, 0.2) is 59.5 Å². The maximum atomic E-state index is 12.8. The van der Waals surface area contributed by atoms with E-state index in [1.54, 1.807) is 37.3 Å². The van der Waals surface area contributed by atoms with Crippen molar-refractivity contribution >= 4 is 23.5 Å². The summed E-state index contributed by atoms with van der Waals surface area (Å²) in [6.07, 6.45) is 1.13. The minimum absolute atomic E-state index is 0.00559. The highest BCUT2D eigenvalue weighted by Crippen LogP contribution is 2.41. The summed E-state index contributed by atoms with van der Waals surface area (Å²) in [5.74, 6) is -1.48. The van der Waals surface area contributed by atoms with Crippen molar-refractivity contribution in [2.45, 2.75) is 25.9 Å². The molecule has 2 heterocycles.